The number of ketones is 1. The Morgan fingerprint density at radius 3 is 1.38 bits per heavy atom. The molecule has 0 spiro atoms. The average Bonchev–Trinajstić information content (AvgIpc) is 3.11. The number of rotatable bonds is 13. The van der Waals surface area contributed by atoms with Crippen molar-refractivity contribution in [3.05, 3.63) is 108 Å². The Kier molecular flexibility index (Phi) is 12.9. The van der Waals surface area contributed by atoms with E-state index < -0.39 is 36.0 Å². The van der Waals surface area contributed by atoms with E-state index in [-0.39, 0.29) is 40.8 Å². The van der Waals surface area contributed by atoms with Gasteiger partial charge in [-0.05, 0) is 71.0 Å². The summed E-state index contributed by atoms with van der Waals surface area (Å²) in [5, 5.41) is 0. The first-order valence-corrected chi connectivity index (χ1v) is 19.8. The molecule has 0 aromatic heterocycles. The largest absolute Gasteiger partial charge is 0.461 e. The van der Waals surface area contributed by atoms with E-state index in [1.54, 1.807) is 0 Å². The molecule has 0 aliphatic heterocycles. The molecular weight excluding hydrogens is 645 g/mol. The molecule has 5 rings (SSSR count). The third-order valence-electron chi connectivity index (χ3n) is 12.5. The second-order valence-corrected chi connectivity index (χ2v) is 17.6. The number of hydrogen-bond donors (Lipinski definition) is 0. The van der Waals surface area contributed by atoms with Gasteiger partial charge >= 0.3 is 11.9 Å². The van der Waals surface area contributed by atoms with Crippen LogP contribution >= 0.6 is 0 Å². The van der Waals surface area contributed by atoms with Gasteiger partial charge in [0.1, 0.15) is 18.0 Å². The SMILES string of the molecule is CC(C)CC(=O)[C@H](c1ccccc1)C(C(=O)O[C@@H]1C[C@H](C)CC[C@H]1C(C)(C)c1ccccc1)C(=O)O[C@@H]1C[C@H](C)CC[C@H]1C(C)(C)c1ccccc1. The number of hydrogen-bond acceptors (Lipinski definition) is 5. The van der Waals surface area contributed by atoms with Gasteiger partial charge < -0.3 is 9.47 Å². The summed E-state index contributed by atoms with van der Waals surface area (Å²) in [6, 6.07) is 30.2. The molecule has 0 heterocycles. The van der Waals surface area contributed by atoms with E-state index in [0.29, 0.717) is 30.2 Å². The zero-order valence-electron chi connectivity index (χ0n) is 32.8. The molecular formula is C47H62O5. The second-order valence-electron chi connectivity index (χ2n) is 17.6. The topological polar surface area (TPSA) is 69.7 Å². The Balaban J connectivity index is 1.53. The molecule has 0 amide bonds. The Hall–Kier alpha value is -3.73. The van der Waals surface area contributed by atoms with Gasteiger partial charge in [0.2, 0.25) is 0 Å². The fourth-order valence-corrected chi connectivity index (χ4v) is 9.30. The molecule has 5 heteroatoms. The zero-order chi connectivity index (χ0) is 37.6. The first-order chi connectivity index (χ1) is 24.7. The predicted molar refractivity (Wildman–Crippen MR) is 209 cm³/mol. The molecule has 52 heavy (non-hydrogen) atoms. The third kappa shape index (κ3) is 9.07. The maximum atomic E-state index is 14.9. The van der Waals surface area contributed by atoms with Gasteiger partial charge in [0.25, 0.3) is 0 Å². The second kappa shape index (κ2) is 16.9. The summed E-state index contributed by atoms with van der Waals surface area (Å²) in [6.07, 6.45) is 4.73. The molecule has 0 bridgehead atoms. The van der Waals surface area contributed by atoms with Crippen molar-refractivity contribution < 1.29 is 23.9 Å². The molecule has 280 valence electrons. The molecule has 3 aromatic rings. The van der Waals surface area contributed by atoms with Crippen LogP contribution in [0.3, 0.4) is 0 Å². The van der Waals surface area contributed by atoms with E-state index in [0.717, 1.165) is 25.7 Å². The highest BCUT2D eigenvalue weighted by Crippen LogP contribution is 2.46. The molecule has 2 saturated carbocycles. The van der Waals surface area contributed by atoms with Crippen LogP contribution in [0, 0.1) is 35.5 Å². The summed E-state index contributed by atoms with van der Waals surface area (Å²) in [5.74, 6) is -2.99. The highest BCUT2D eigenvalue weighted by Gasteiger charge is 2.49. The van der Waals surface area contributed by atoms with E-state index in [1.807, 2.05) is 56.3 Å². The third-order valence-corrected chi connectivity index (χ3v) is 12.5. The van der Waals surface area contributed by atoms with Crippen molar-refractivity contribution in [3.63, 3.8) is 0 Å². The van der Waals surface area contributed by atoms with Crippen LogP contribution in [0.4, 0.5) is 0 Å². The molecule has 2 fully saturated rings. The maximum absolute atomic E-state index is 14.9. The molecule has 0 unspecified atom stereocenters. The van der Waals surface area contributed by atoms with Crippen molar-refractivity contribution in [3.8, 4) is 0 Å². The Labute approximate surface area is 313 Å². The van der Waals surface area contributed by atoms with Gasteiger partial charge in [0, 0.05) is 18.3 Å². The number of carbonyl (C=O) groups excluding carboxylic acids is 3. The van der Waals surface area contributed by atoms with Gasteiger partial charge in [-0.15, -0.1) is 0 Å². The summed E-state index contributed by atoms with van der Waals surface area (Å²) in [6.45, 7) is 17.3. The summed E-state index contributed by atoms with van der Waals surface area (Å²) in [5.41, 5.74) is 2.48. The van der Waals surface area contributed by atoms with Crippen molar-refractivity contribution in [2.45, 2.75) is 129 Å². The first kappa shape index (κ1) is 39.5. The summed E-state index contributed by atoms with van der Waals surface area (Å²) < 4.78 is 13.2. The smallest absolute Gasteiger partial charge is 0.321 e. The van der Waals surface area contributed by atoms with E-state index in [9.17, 15) is 14.4 Å². The van der Waals surface area contributed by atoms with Gasteiger partial charge in [0.15, 0.2) is 5.92 Å². The van der Waals surface area contributed by atoms with Crippen LogP contribution < -0.4 is 0 Å². The molecule has 0 N–H and O–H groups in total. The Bertz CT molecular complexity index is 1520. The number of benzene rings is 3. The fourth-order valence-electron chi connectivity index (χ4n) is 9.30. The number of Topliss-reactive ketones (excluding diaryl/α,β-unsaturated/α-hetero) is 1. The van der Waals surface area contributed by atoms with Crippen LogP contribution in [0.15, 0.2) is 91.0 Å². The van der Waals surface area contributed by atoms with Crippen LogP contribution in [-0.2, 0) is 34.7 Å². The van der Waals surface area contributed by atoms with Crippen LogP contribution in [0.5, 0.6) is 0 Å². The van der Waals surface area contributed by atoms with Gasteiger partial charge in [-0.25, -0.2) is 0 Å². The van der Waals surface area contributed by atoms with E-state index in [1.165, 1.54) is 11.1 Å². The van der Waals surface area contributed by atoms with E-state index in [2.05, 4.69) is 90.1 Å². The van der Waals surface area contributed by atoms with Crippen LogP contribution in [0.2, 0.25) is 0 Å². The fraction of sp³-hybridized carbons (Fsp3) is 0.553. The lowest BCUT2D eigenvalue weighted by atomic mass is 9.64. The molecule has 2 aliphatic rings. The highest BCUT2D eigenvalue weighted by atomic mass is 16.6. The summed E-state index contributed by atoms with van der Waals surface area (Å²) in [4.78, 5) is 44.1. The zero-order valence-corrected chi connectivity index (χ0v) is 32.8. The molecule has 3 aromatic carbocycles. The van der Waals surface area contributed by atoms with Gasteiger partial charge in [-0.3, -0.25) is 14.4 Å². The average molecular weight is 707 g/mol. The van der Waals surface area contributed by atoms with E-state index >= 15 is 0 Å². The van der Waals surface area contributed by atoms with Crippen molar-refractivity contribution in [1.82, 2.24) is 0 Å². The van der Waals surface area contributed by atoms with Crippen molar-refractivity contribution in [1.29, 1.82) is 0 Å². The molecule has 0 radical (unpaired) electrons. The lowest BCUT2D eigenvalue weighted by Crippen LogP contribution is -2.48. The van der Waals surface area contributed by atoms with E-state index in [4.69, 9.17) is 9.47 Å². The van der Waals surface area contributed by atoms with Crippen molar-refractivity contribution in [2.75, 3.05) is 0 Å². The molecule has 2 aliphatic carbocycles. The van der Waals surface area contributed by atoms with Crippen molar-refractivity contribution in [2.24, 2.45) is 35.5 Å². The summed E-state index contributed by atoms with van der Waals surface area (Å²) >= 11 is 0. The monoisotopic (exact) mass is 706 g/mol. The highest BCUT2D eigenvalue weighted by molar-refractivity contribution is 6.03. The number of esters is 2. The van der Waals surface area contributed by atoms with Crippen LogP contribution in [0.25, 0.3) is 0 Å². The minimum Gasteiger partial charge on any atom is -0.461 e. The minimum atomic E-state index is -1.41. The Morgan fingerprint density at radius 1 is 0.615 bits per heavy atom. The van der Waals surface area contributed by atoms with Gasteiger partial charge in [-0.1, -0.05) is 159 Å². The normalized spacial score (nSPS) is 24.7. The minimum absolute atomic E-state index is 0.0449. The molecule has 0 saturated heterocycles. The standard InChI is InChI=1S/C47H62O5/c1-31(2)28-39(48)42(34-18-12-9-13-19-34)43(44(49)51-40-29-32(3)24-26-37(40)46(5,6)35-20-14-10-15-21-35)45(50)52-41-30-33(4)25-27-38(41)47(7,8)36-22-16-11-17-23-36/h9-23,31-33,37-38,40-43H,24-30H2,1-8H3/t32-,33-,37-,38-,40-,41-,42+/m1/s1. The number of carbonyl (C=O) groups is 3. The van der Waals surface area contributed by atoms with Gasteiger partial charge in [0.05, 0.1) is 5.92 Å². The predicted octanol–water partition coefficient (Wildman–Crippen LogP) is 10.7. The molecule has 7 atom stereocenters. The maximum Gasteiger partial charge on any atom is 0.321 e. The number of ether oxygens (including phenoxy) is 2. The summed E-state index contributed by atoms with van der Waals surface area (Å²) in [7, 11) is 0. The lowest BCUT2D eigenvalue weighted by molar-refractivity contribution is -0.178. The van der Waals surface area contributed by atoms with Crippen molar-refractivity contribution >= 4 is 17.7 Å². The Morgan fingerprint density at radius 2 is 1.00 bits per heavy atom. The van der Waals surface area contributed by atoms with Crippen LogP contribution in [0.1, 0.15) is 123 Å². The lowest BCUT2D eigenvalue weighted by Gasteiger charge is -2.45. The first-order valence-electron chi connectivity index (χ1n) is 19.8. The van der Waals surface area contributed by atoms with Crippen LogP contribution in [-0.4, -0.2) is 29.9 Å². The molecule has 5 nitrogen and oxygen atoms in total. The van der Waals surface area contributed by atoms with Gasteiger partial charge in [-0.2, -0.15) is 0 Å². The quantitative estimate of drug-likeness (QED) is 0.131.